The highest BCUT2D eigenvalue weighted by atomic mass is 16.2. The van der Waals surface area contributed by atoms with Crippen molar-refractivity contribution in [2.75, 3.05) is 13.1 Å². The average molecular weight is 264 g/mol. The van der Waals surface area contributed by atoms with Gasteiger partial charge in [0.2, 0.25) is 11.8 Å². The lowest BCUT2D eigenvalue weighted by Crippen LogP contribution is -2.48. The van der Waals surface area contributed by atoms with E-state index in [-0.39, 0.29) is 17.9 Å². The van der Waals surface area contributed by atoms with Crippen LogP contribution < -0.4 is 0 Å². The van der Waals surface area contributed by atoms with E-state index in [9.17, 15) is 9.59 Å². The average Bonchev–Trinajstić information content (AvgIpc) is 2.85. The van der Waals surface area contributed by atoms with Gasteiger partial charge in [-0.2, -0.15) is 0 Å². The van der Waals surface area contributed by atoms with Crippen molar-refractivity contribution in [2.24, 2.45) is 5.92 Å². The van der Waals surface area contributed by atoms with Crippen LogP contribution in [0.1, 0.15) is 51.9 Å². The van der Waals surface area contributed by atoms with Crippen molar-refractivity contribution in [3.8, 4) is 0 Å². The van der Waals surface area contributed by atoms with E-state index < -0.39 is 0 Å². The van der Waals surface area contributed by atoms with Crippen LogP contribution in [0, 0.1) is 5.92 Å². The van der Waals surface area contributed by atoms with E-state index >= 15 is 0 Å². The summed E-state index contributed by atoms with van der Waals surface area (Å²) >= 11 is 0. The minimum atomic E-state index is -0.144. The Hall–Kier alpha value is -1.06. The van der Waals surface area contributed by atoms with Crippen molar-refractivity contribution in [1.82, 2.24) is 9.80 Å². The van der Waals surface area contributed by atoms with Gasteiger partial charge in [0.15, 0.2) is 0 Å². The van der Waals surface area contributed by atoms with Gasteiger partial charge in [0.1, 0.15) is 6.04 Å². The van der Waals surface area contributed by atoms with Gasteiger partial charge in [-0.3, -0.25) is 9.59 Å². The first-order chi connectivity index (χ1) is 9.16. The van der Waals surface area contributed by atoms with Gasteiger partial charge >= 0.3 is 0 Å². The third-order valence-corrected chi connectivity index (χ3v) is 5.13. The summed E-state index contributed by atoms with van der Waals surface area (Å²) in [4.78, 5) is 28.6. The van der Waals surface area contributed by atoms with Gasteiger partial charge in [-0.15, -0.1) is 0 Å². The van der Waals surface area contributed by atoms with Gasteiger partial charge in [0.25, 0.3) is 0 Å². The van der Waals surface area contributed by atoms with Crippen LogP contribution in [-0.2, 0) is 9.59 Å². The zero-order valence-electron chi connectivity index (χ0n) is 11.8. The molecule has 0 N–H and O–H groups in total. The topological polar surface area (TPSA) is 40.6 Å². The Labute approximate surface area is 115 Å². The van der Waals surface area contributed by atoms with E-state index in [1.165, 1.54) is 12.8 Å². The summed E-state index contributed by atoms with van der Waals surface area (Å²) in [6, 6.07) is 0.242. The van der Waals surface area contributed by atoms with Crippen molar-refractivity contribution < 1.29 is 9.59 Å². The second-order valence-electron chi connectivity index (χ2n) is 6.44. The van der Waals surface area contributed by atoms with Crippen molar-refractivity contribution in [2.45, 2.75) is 64.0 Å². The molecule has 1 unspecified atom stereocenters. The first kappa shape index (κ1) is 12.9. The fraction of sp³-hybridized carbons (Fsp3) is 0.867. The largest absolute Gasteiger partial charge is 0.337 e. The summed E-state index contributed by atoms with van der Waals surface area (Å²) < 4.78 is 0. The molecule has 0 bridgehead atoms. The molecule has 106 valence electrons. The molecule has 4 nitrogen and oxygen atoms in total. The molecule has 1 atom stereocenters. The van der Waals surface area contributed by atoms with Crippen LogP contribution >= 0.6 is 0 Å². The van der Waals surface area contributed by atoms with Gasteiger partial charge in [-0.05, 0) is 44.4 Å². The maximum atomic E-state index is 12.7. The van der Waals surface area contributed by atoms with E-state index in [1.807, 2.05) is 9.80 Å². The summed E-state index contributed by atoms with van der Waals surface area (Å²) in [7, 11) is 0. The van der Waals surface area contributed by atoms with Crippen LogP contribution in [0.5, 0.6) is 0 Å². The molecular formula is C15H24N2O2. The Bertz CT molecular complexity index is 374. The van der Waals surface area contributed by atoms with Gasteiger partial charge in [0, 0.05) is 25.6 Å². The Morgan fingerprint density at radius 1 is 0.947 bits per heavy atom. The smallest absolute Gasteiger partial charge is 0.245 e. The zero-order chi connectivity index (χ0) is 13.4. The molecule has 0 spiro atoms. The molecule has 0 radical (unpaired) electrons. The fourth-order valence-corrected chi connectivity index (χ4v) is 3.90. The lowest BCUT2D eigenvalue weighted by molar-refractivity contribution is -0.141. The van der Waals surface area contributed by atoms with Crippen molar-refractivity contribution >= 4 is 11.8 Å². The predicted octanol–water partition coefficient (Wildman–Crippen LogP) is 1.79. The standard InChI is InChI=1S/C15H24N2O2/c1-11-4-6-12(7-5-11)16-10-8-14(18)17-9-2-3-13(17)15(16)19/h11-13H,2-10H2,1H3. The predicted molar refractivity (Wildman–Crippen MR) is 72.5 cm³/mol. The van der Waals surface area contributed by atoms with Gasteiger partial charge in [0.05, 0.1) is 0 Å². The van der Waals surface area contributed by atoms with Crippen LogP contribution in [0.4, 0.5) is 0 Å². The molecule has 2 saturated heterocycles. The minimum absolute atomic E-state index is 0.144. The van der Waals surface area contributed by atoms with Crippen molar-refractivity contribution in [3.63, 3.8) is 0 Å². The molecule has 2 heterocycles. The first-order valence-corrected chi connectivity index (χ1v) is 7.77. The number of amides is 2. The lowest BCUT2D eigenvalue weighted by Gasteiger charge is -2.36. The SMILES string of the molecule is CC1CCC(N2CCC(=O)N3CCCC3C2=O)CC1. The molecule has 2 aliphatic heterocycles. The molecule has 3 fully saturated rings. The molecule has 1 saturated carbocycles. The highest BCUT2D eigenvalue weighted by molar-refractivity contribution is 5.90. The Morgan fingerprint density at radius 3 is 2.42 bits per heavy atom. The summed E-state index contributed by atoms with van der Waals surface area (Å²) in [5.74, 6) is 1.20. The van der Waals surface area contributed by atoms with Crippen LogP contribution in [0.15, 0.2) is 0 Å². The van der Waals surface area contributed by atoms with E-state index in [1.54, 1.807) is 0 Å². The number of fused-ring (bicyclic) bond motifs is 1. The van der Waals surface area contributed by atoms with Gasteiger partial charge < -0.3 is 9.80 Å². The maximum Gasteiger partial charge on any atom is 0.245 e. The number of carbonyl (C=O) groups is 2. The maximum absolute atomic E-state index is 12.7. The number of rotatable bonds is 1. The monoisotopic (exact) mass is 264 g/mol. The minimum Gasteiger partial charge on any atom is -0.337 e. The Morgan fingerprint density at radius 2 is 1.68 bits per heavy atom. The molecule has 1 aliphatic carbocycles. The highest BCUT2D eigenvalue weighted by Crippen LogP contribution is 2.31. The van der Waals surface area contributed by atoms with Crippen LogP contribution in [0.25, 0.3) is 0 Å². The van der Waals surface area contributed by atoms with Crippen molar-refractivity contribution in [3.05, 3.63) is 0 Å². The molecule has 0 aromatic carbocycles. The number of hydrogen-bond donors (Lipinski definition) is 0. The van der Waals surface area contributed by atoms with Crippen LogP contribution in [0.2, 0.25) is 0 Å². The van der Waals surface area contributed by atoms with E-state index in [2.05, 4.69) is 6.92 Å². The molecular weight excluding hydrogens is 240 g/mol. The molecule has 4 heteroatoms. The normalized spacial score (nSPS) is 36.4. The molecule has 3 rings (SSSR count). The van der Waals surface area contributed by atoms with E-state index in [0.717, 1.165) is 38.1 Å². The summed E-state index contributed by atoms with van der Waals surface area (Å²) in [5, 5.41) is 0. The van der Waals surface area contributed by atoms with Crippen LogP contribution in [-0.4, -0.2) is 46.8 Å². The summed E-state index contributed by atoms with van der Waals surface area (Å²) in [6.07, 6.45) is 7.05. The van der Waals surface area contributed by atoms with E-state index in [0.29, 0.717) is 19.0 Å². The summed E-state index contributed by atoms with van der Waals surface area (Å²) in [6.45, 7) is 3.72. The number of hydrogen-bond acceptors (Lipinski definition) is 2. The Balaban J connectivity index is 1.74. The number of carbonyl (C=O) groups excluding carboxylic acids is 2. The van der Waals surface area contributed by atoms with Gasteiger partial charge in [-0.1, -0.05) is 6.92 Å². The third-order valence-electron chi connectivity index (χ3n) is 5.13. The molecule has 3 aliphatic rings. The molecule has 19 heavy (non-hydrogen) atoms. The number of nitrogens with zero attached hydrogens (tertiary/aromatic N) is 2. The zero-order valence-corrected chi connectivity index (χ0v) is 11.8. The third kappa shape index (κ3) is 2.37. The Kier molecular flexibility index (Phi) is 3.50. The first-order valence-electron chi connectivity index (χ1n) is 7.77. The molecule has 0 aromatic rings. The fourth-order valence-electron chi connectivity index (χ4n) is 3.90. The second-order valence-corrected chi connectivity index (χ2v) is 6.44. The quantitative estimate of drug-likeness (QED) is 0.724. The van der Waals surface area contributed by atoms with Gasteiger partial charge in [-0.25, -0.2) is 0 Å². The lowest BCUT2D eigenvalue weighted by atomic mass is 9.86. The van der Waals surface area contributed by atoms with E-state index in [4.69, 9.17) is 0 Å². The second kappa shape index (κ2) is 5.14. The highest BCUT2D eigenvalue weighted by Gasteiger charge is 2.41. The summed E-state index contributed by atoms with van der Waals surface area (Å²) in [5.41, 5.74) is 0. The van der Waals surface area contributed by atoms with Crippen LogP contribution in [0.3, 0.4) is 0 Å². The van der Waals surface area contributed by atoms with Crippen molar-refractivity contribution in [1.29, 1.82) is 0 Å². The molecule has 2 amide bonds. The molecule has 0 aromatic heterocycles.